The quantitative estimate of drug-likeness (QED) is 0.459. The Kier molecular flexibility index (Phi) is 7.80. The van der Waals surface area contributed by atoms with E-state index in [2.05, 4.69) is 13.8 Å². The molecule has 0 saturated carbocycles. The Bertz CT molecular complexity index is 819. The van der Waals surface area contributed by atoms with Gasteiger partial charge in [-0.05, 0) is 54.4 Å². The van der Waals surface area contributed by atoms with E-state index in [-0.39, 0.29) is 11.6 Å². The monoisotopic (exact) mass is 448 g/mol. The zero-order valence-corrected chi connectivity index (χ0v) is 18.5. The molecular formula is C20H27Cl2O5P. The normalized spacial score (nSPS) is 19.9. The van der Waals surface area contributed by atoms with Gasteiger partial charge in [-0.3, -0.25) is 9.36 Å². The molecule has 0 spiro atoms. The average molecular weight is 449 g/mol. The number of hydrogen-bond donors (Lipinski definition) is 3. The summed E-state index contributed by atoms with van der Waals surface area (Å²) in [6.45, 7) is 4.25. The van der Waals surface area contributed by atoms with Crippen molar-refractivity contribution >= 4 is 42.1 Å². The Hall–Kier alpha value is -0.840. The number of aliphatic hydroxyl groups excluding tert-OH is 1. The van der Waals surface area contributed by atoms with Gasteiger partial charge in [-0.1, -0.05) is 48.7 Å². The van der Waals surface area contributed by atoms with Crippen LogP contribution >= 0.6 is 30.6 Å². The molecule has 0 radical (unpaired) electrons. The summed E-state index contributed by atoms with van der Waals surface area (Å²) >= 11 is 12.2. The van der Waals surface area contributed by atoms with Crippen molar-refractivity contribution in [1.29, 1.82) is 0 Å². The molecule has 0 aromatic heterocycles. The van der Waals surface area contributed by atoms with Crippen LogP contribution in [0.3, 0.4) is 0 Å². The number of hydrogen-bond acceptors (Lipinski definition) is 3. The minimum Gasteiger partial charge on any atom is -0.481 e. The van der Waals surface area contributed by atoms with E-state index in [9.17, 15) is 19.4 Å². The fourth-order valence-corrected chi connectivity index (χ4v) is 5.72. The van der Waals surface area contributed by atoms with Crippen molar-refractivity contribution in [2.45, 2.75) is 52.1 Å². The van der Waals surface area contributed by atoms with Crippen molar-refractivity contribution in [1.82, 2.24) is 0 Å². The van der Waals surface area contributed by atoms with Gasteiger partial charge < -0.3 is 15.1 Å². The molecule has 1 unspecified atom stereocenters. The van der Waals surface area contributed by atoms with E-state index in [1.807, 2.05) is 12.1 Å². The summed E-state index contributed by atoms with van der Waals surface area (Å²) in [7, 11) is -3.66. The van der Waals surface area contributed by atoms with Crippen LogP contribution in [-0.2, 0) is 9.36 Å². The van der Waals surface area contributed by atoms with Crippen molar-refractivity contribution in [2.75, 3.05) is 12.3 Å². The molecule has 28 heavy (non-hydrogen) atoms. The Balaban J connectivity index is 2.26. The van der Waals surface area contributed by atoms with Gasteiger partial charge in [0.1, 0.15) is 0 Å². The van der Waals surface area contributed by atoms with Gasteiger partial charge in [0.25, 0.3) is 0 Å². The first-order valence-electron chi connectivity index (χ1n) is 9.30. The highest BCUT2D eigenvalue weighted by Gasteiger charge is 2.33. The predicted octanol–water partition coefficient (Wildman–Crippen LogP) is 5.45. The highest BCUT2D eigenvalue weighted by molar-refractivity contribution is 7.58. The highest BCUT2D eigenvalue weighted by atomic mass is 35.5. The van der Waals surface area contributed by atoms with Crippen LogP contribution in [0.15, 0.2) is 23.8 Å². The molecule has 0 heterocycles. The smallest absolute Gasteiger partial charge is 0.305 e. The van der Waals surface area contributed by atoms with Gasteiger partial charge in [-0.15, -0.1) is 0 Å². The van der Waals surface area contributed by atoms with Gasteiger partial charge in [0.2, 0.25) is 7.37 Å². The van der Waals surface area contributed by atoms with Crippen molar-refractivity contribution in [2.24, 2.45) is 5.41 Å². The summed E-state index contributed by atoms with van der Waals surface area (Å²) in [4.78, 5) is 21.0. The Morgan fingerprint density at radius 3 is 2.57 bits per heavy atom. The molecule has 1 aromatic carbocycles. The van der Waals surface area contributed by atoms with Crippen molar-refractivity contribution < 1.29 is 24.5 Å². The number of halogens is 2. The number of aliphatic hydroxyl groups is 1. The molecule has 2 atom stereocenters. The molecular weight excluding hydrogens is 422 g/mol. The number of carboxylic acids is 1. The summed E-state index contributed by atoms with van der Waals surface area (Å²) in [5.41, 5.74) is 3.08. The maximum Gasteiger partial charge on any atom is 0.305 e. The van der Waals surface area contributed by atoms with Crippen molar-refractivity contribution in [3.8, 4) is 0 Å². The fraction of sp³-hybridized carbons (Fsp3) is 0.550. The summed E-state index contributed by atoms with van der Waals surface area (Å²) in [6.07, 6.45) is 1.00. The molecule has 156 valence electrons. The maximum absolute atomic E-state index is 12.5. The lowest BCUT2D eigenvalue weighted by atomic mass is 9.70. The zero-order valence-electron chi connectivity index (χ0n) is 16.1. The number of carbonyl (C=O) groups is 1. The molecule has 1 aliphatic carbocycles. The molecule has 3 N–H and O–H groups in total. The predicted molar refractivity (Wildman–Crippen MR) is 113 cm³/mol. The molecule has 8 heteroatoms. The fourth-order valence-electron chi connectivity index (χ4n) is 3.88. The topological polar surface area (TPSA) is 94.8 Å². The zero-order chi connectivity index (χ0) is 21.1. The van der Waals surface area contributed by atoms with Crippen LogP contribution in [0.5, 0.6) is 0 Å². The lowest BCUT2D eigenvalue weighted by Crippen LogP contribution is -2.22. The van der Waals surface area contributed by atoms with Crippen molar-refractivity contribution in [3.63, 3.8) is 0 Å². The van der Waals surface area contributed by atoms with Crippen LogP contribution in [0.1, 0.15) is 51.5 Å². The van der Waals surface area contributed by atoms with E-state index in [1.165, 1.54) is 0 Å². The SMILES string of the molecule is CC1(C)CCCC(c2ccc(Cl)c(Cl)c2)=C1CCP(=O)(O)C[C@H](O)CC(=O)O. The number of aliphatic carboxylic acids is 1. The number of rotatable bonds is 8. The first-order valence-corrected chi connectivity index (χ1v) is 12.1. The molecule has 1 aromatic rings. The lowest BCUT2D eigenvalue weighted by Gasteiger charge is -2.36. The van der Waals surface area contributed by atoms with E-state index < -0.39 is 32.0 Å². The maximum atomic E-state index is 12.5. The van der Waals surface area contributed by atoms with E-state index in [0.29, 0.717) is 16.5 Å². The number of benzene rings is 1. The minimum atomic E-state index is -3.66. The van der Waals surface area contributed by atoms with Crippen LogP contribution in [0.4, 0.5) is 0 Å². The minimum absolute atomic E-state index is 0.00721. The molecule has 0 amide bonds. The van der Waals surface area contributed by atoms with Crippen LogP contribution in [0.25, 0.3) is 5.57 Å². The molecule has 0 fully saturated rings. The first kappa shape index (κ1) is 23.4. The third kappa shape index (κ3) is 6.33. The van der Waals surface area contributed by atoms with E-state index >= 15 is 0 Å². The van der Waals surface area contributed by atoms with Gasteiger partial charge in [-0.25, -0.2) is 0 Å². The highest BCUT2D eigenvalue weighted by Crippen LogP contribution is 2.50. The van der Waals surface area contributed by atoms with Crippen molar-refractivity contribution in [3.05, 3.63) is 39.4 Å². The van der Waals surface area contributed by atoms with Crippen LogP contribution < -0.4 is 0 Å². The Labute approximate surface area is 175 Å². The van der Waals surface area contributed by atoms with Gasteiger partial charge in [0.15, 0.2) is 0 Å². The molecule has 1 aliphatic rings. The summed E-state index contributed by atoms with van der Waals surface area (Å²) in [6, 6.07) is 5.50. The van der Waals surface area contributed by atoms with E-state index in [0.717, 1.165) is 36.0 Å². The number of allylic oxidation sites excluding steroid dienone is 2. The van der Waals surface area contributed by atoms with Crippen LogP contribution in [-0.4, -0.2) is 39.5 Å². The first-order chi connectivity index (χ1) is 12.9. The van der Waals surface area contributed by atoms with Gasteiger partial charge >= 0.3 is 5.97 Å². The number of carboxylic acid groups (broad SMARTS) is 1. The van der Waals surface area contributed by atoms with Crippen LogP contribution in [0, 0.1) is 5.41 Å². The summed E-state index contributed by atoms with van der Waals surface area (Å²) in [5.74, 6) is -1.19. The largest absolute Gasteiger partial charge is 0.481 e. The molecule has 2 rings (SSSR count). The molecule has 0 bridgehead atoms. The summed E-state index contributed by atoms with van der Waals surface area (Å²) in [5, 5.41) is 19.4. The Morgan fingerprint density at radius 1 is 1.29 bits per heavy atom. The third-order valence-corrected chi connectivity index (χ3v) is 7.95. The second kappa shape index (κ2) is 9.32. The second-order valence-corrected chi connectivity index (χ2v) is 11.4. The third-order valence-electron chi connectivity index (χ3n) is 5.30. The lowest BCUT2D eigenvalue weighted by molar-refractivity contribution is -0.138. The van der Waals surface area contributed by atoms with E-state index in [1.54, 1.807) is 6.07 Å². The molecule has 5 nitrogen and oxygen atoms in total. The Morgan fingerprint density at radius 2 is 1.96 bits per heavy atom. The van der Waals surface area contributed by atoms with Gasteiger partial charge in [-0.2, -0.15) is 0 Å². The van der Waals surface area contributed by atoms with E-state index in [4.69, 9.17) is 28.3 Å². The van der Waals surface area contributed by atoms with Gasteiger partial charge in [0, 0.05) is 6.16 Å². The average Bonchev–Trinajstić information content (AvgIpc) is 2.54. The van der Waals surface area contributed by atoms with Gasteiger partial charge in [0.05, 0.1) is 28.7 Å². The second-order valence-electron chi connectivity index (χ2n) is 8.08. The van der Waals surface area contributed by atoms with Crippen LogP contribution in [0.2, 0.25) is 10.0 Å². The molecule has 0 aliphatic heterocycles. The summed E-state index contributed by atoms with van der Waals surface area (Å²) < 4.78 is 12.5. The molecule has 0 saturated heterocycles. The standard InChI is InChI=1S/C20H27Cl2O5P/c1-20(2)8-3-4-15(13-5-6-17(21)18(22)10-13)16(20)7-9-28(26,27)12-14(23)11-19(24)25/h5-6,10,14,23H,3-4,7-9,11-12H2,1-2H3,(H,24,25)(H,26,27)/t14-/m1/s1.